The van der Waals surface area contributed by atoms with Crippen LogP contribution < -0.4 is 0 Å². The Balaban J connectivity index is 1.24. The molecule has 0 aliphatic heterocycles. The Morgan fingerprint density at radius 3 is 1.52 bits per heavy atom. The molecule has 9 rings (SSSR count). The first-order valence-electron chi connectivity index (χ1n) is 15.0. The number of hydrogen-bond acceptors (Lipinski definition) is 2. The Labute approximate surface area is 254 Å². The molecule has 0 radical (unpaired) electrons. The molecule has 9 aromatic rings. The van der Waals surface area contributed by atoms with E-state index in [9.17, 15) is 0 Å². The van der Waals surface area contributed by atoms with E-state index < -0.39 is 0 Å². The van der Waals surface area contributed by atoms with E-state index in [1.165, 1.54) is 48.7 Å². The van der Waals surface area contributed by atoms with Gasteiger partial charge in [-0.05, 0) is 66.3 Å². The molecule has 8 aromatic carbocycles. The highest BCUT2D eigenvalue weighted by molar-refractivity contribution is 6.23. The minimum absolute atomic E-state index is 0.886. The maximum Gasteiger partial charge on any atom is 0.0973 e. The van der Waals surface area contributed by atoms with Crippen molar-refractivity contribution in [2.24, 2.45) is 0 Å². The Hall–Kier alpha value is -5.86. The first-order chi connectivity index (χ1) is 21.8. The van der Waals surface area contributed by atoms with Gasteiger partial charge in [0.25, 0.3) is 0 Å². The smallest absolute Gasteiger partial charge is 0.0973 e. The summed E-state index contributed by atoms with van der Waals surface area (Å²) in [5, 5.41) is 10.2. The van der Waals surface area contributed by atoms with Crippen LogP contribution in [0.4, 0.5) is 0 Å². The van der Waals surface area contributed by atoms with Gasteiger partial charge in [-0.15, -0.1) is 0 Å². The molecule has 0 amide bonds. The van der Waals surface area contributed by atoms with Crippen LogP contribution in [0, 0.1) is 0 Å². The fourth-order valence-corrected chi connectivity index (χ4v) is 6.74. The number of nitrogens with zero attached hydrogens (tertiary/aromatic N) is 2. The third-order valence-corrected chi connectivity index (χ3v) is 8.85. The van der Waals surface area contributed by atoms with E-state index in [4.69, 9.17) is 9.97 Å². The third kappa shape index (κ3) is 3.89. The highest BCUT2D eigenvalue weighted by Crippen LogP contribution is 2.39. The average Bonchev–Trinajstić information content (AvgIpc) is 3.10. The standard InChI is InChI=1S/C42H26N2/c1-3-11-28(12-4-1)41-42(29-13-5-2-6-14-29)44-40-26-30(19-25-39(40)43-41)32-16-9-17-33-35(32)22-24-38-36-20-18-27-10-7-8-15-31(27)34(36)21-23-37(33)38/h1-26H. The normalized spacial score (nSPS) is 11.6. The summed E-state index contributed by atoms with van der Waals surface area (Å²) in [5.41, 5.74) is 8.01. The summed E-state index contributed by atoms with van der Waals surface area (Å²) in [4.78, 5) is 10.4. The molecular formula is C42H26N2. The van der Waals surface area contributed by atoms with E-state index in [1.54, 1.807) is 0 Å². The molecule has 0 spiro atoms. The number of hydrogen-bond donors (Lipinski definition) is 0. The molecule has 1 heterocycles. The van der Waals surface area contributed by atoms with Crippen molar-refractivity contribution < 1.29 is 0 Å². The lowest BCUT2D eigenvalue weighted by Gasteiger charge is -2.14. The van der Waals surface area contributed by atoms with E-state index in [0.29, 0.717) is 0 Å². The van der Waals surface area contributed by atoms with Crippen LogP contribution in [0.1, 0.15) is 0 Å². The molecule has 0 saturated heterocycles. The first kappa shape index (κ1) is 24.7. The van der Waals surface area contributed by atoms with Gasteiger partial charge in [0.2, 0.25) is 0 Å². The van der Waals surface area contributed by atoms with Gasteiger partial charge in [0, 0.05) is 11.1 Å². The van der Waals surface area contributed by atoms with Crippen LogP contribution in [-0.4, -0.2) is 9.97 Å². The van der Waals surface area contributed by atoms with Crippen LogP contribution in [0.3, 0.4) is 0 Å². The lowest BCUT2D eigenvalue weighted by atomic mass is 9.91. The predicted molar refractivity (Wildman–Crippen MR) is 186 cm³/mol. The SMILES string of the molecule is c1ccc(-c2nc3ccc(-c4cccc5c4ccc4c5ccc5c6ccccc6ccc54)cc3nc2-c2ccccc2)cc1. The zero-order chi connectivity index (χ0) is 29.0. The van der Waals surface area contributed by atoms with Gasteiger partial charge in [-0.3, -0.25) is 0 Å². The largest absolute Gasteiger partial charge is 0.244 e. The van der Waals surface area contributed by atoms with E-state index in [2.05, 4.69) is 133 Å². The van der Waals surface area contributed by atoms with Gasteiger partial charge in [-0.2, -0.15) is 0 Å². The second-order valence-electron chi connectivity index (χ2n) is 11.4. The predicted octanol–water partition coefficient (Wildman–Crippen LogP) is 11.2. The Morgan fingerprint density at radius 2 is 0.818 bits per heavy atom. The molecular weight excluding hydrogens is 532 g/mol. The second kappa shape index (κ2) is 9.86. The van der Waals surface area contributed by atoms with Crippen LogP contribution in [-0.2, 0) is 0 Å². The molecule has 2 heteroatoms. The zero-order valence-electron chi connectivity index (χ0n) is 23.9. The number of fused-ring (bicyclic) bond motifs is 8. The van der Waals surface area contributed by atoms with Gasteiger partial charge in [0.15, 0.2) is 0 Å². The summed E-state index contributed by atoms with van der Waals surface area (Å²) in [6, 6.07) is 56.1. The van der Waals surface area contributed by atoms with Crippen molar-refractivity contribution in [3.05, 3.63) is 158 Å². The molecule has 0 fully saturated rings. The van der Waals surface area contributed by atoms with Crippen LogP contribution >= 0.6 is 0 Å². The van der Waals surface area contributed by atoms with Gasteiger partial charge in [-0.25, -0.2) is 9.97 Å². The number of benzene rings is 8. The first-order valence-corrected chi connectivity index (χ1v) is 15.0. The topological polar surface area (TPSA) is 25.8 Å². The summed E-state index contributed by atoms with van der Waals surface area (Å²) in [6.45, 7) is 0. The minimum atomic E-state index is 0.886. The van der Waals surface area contributed by atoms with E-state index in [1.807, 2.05) is 24.3 Å². The molecule has 0 atom stereocenters. The quantitative estimate of drug-likeness (QED) is 0.202. The summed E-state index contributed by atoms with van der Waals surface area (Å²) in [6.07, 6.45) is 0. The fourth-order valence-electron chi connectivity index (χ4n) is 6.74. The van der Waals surface area contributed by atoms with Crippen molar-refractivity contribution in [1.82, 2.24) is 9.97 Å². The van der Waals surface area contributed by atoms with Crippen molar-refractivity contribution >= 4 is 54.1 Å². The molecule has 0 saturated carbocycles. The molecule has 1 aromatic heterocycles. The van der Waals surface area contributed by atoms with Gasteiger partial charge in [-0.1, -0.05) is 146 Å². The highest BCUT2D eigenvalue weighted by atomic mass is 14.8. The Bertz CT molecular complexity index is 2530. The Kier molecular flexibility index (Phi) is 5.54. The van der Waals surface area contributed by atoms with E-state index in [-0.39, 0.29) is 0 Å². The third-order valence-electron chi connectivity index (χ3n) is 8.85. The highest BCUT2D eigenvalue weighted by Gasteiger charge is 2.15. The van der Waals surface area contributed by atoms with E-state index in [0.717, 1.165) is 39.1 Å². The van der Waals surface area contributed by atoms with Crippen molar-refractivity contribution in [2.75, 3.05) is 0 Å². The van der Waals surface area contributed by atoms with Crippen molar-refractivity contribution in [2.45, 2.75) is 0 Å². The second-order valence-corrected chi connectivity index (χ2v) is 11.4. The summed E-state index contributed by atoms with van der Waals surface area (Å²) in [5.74, 6) is 0. The van der Waals surface area contributed by atoms with Gasteiger partial charge >= 0.3 is 0 Å². The fraction of sp³-hybridized carbons (Fsp3) is 0. The maximum absolute atomic E-state index is 5.23. The van der Waals surface area contributed by atoms with E-state index >= 15 is 0 Å². The maximum atomic E-state index is 5.23. The number of aromatic nitrogens is 2. The van der Waals surface area contributed by atoms with Crippen molar-refractivity contribution in [3.63, 3.8) is 0 Å². The molecule has 44 heavy (non-hydrogen) atoms. The average molecular weight is 559 g/mol. The zero-order valence-corrected chi connectivity index (χ0v) is 23.9. The lowest BCUT2D eigenvalue weighted by molar-refractivity contribution is 1.29. The summed E-state index contributed by atoms with van der Waals surface area (Å²) >= 11 is 0. The van der Waals surface area contributed by atoms with Crippen molar-refractivity contribution in [1.29, 1.82) is 0 Å². The van der Waals surface area contributed by atoms with Gasteiger partial charge < -0.3 is 0 Å². The molecule has 0 N–H and O–H groups in total. The summed E-state index contributed by atoms with van der Waals surface area (Å²) in [7, 11) is 0. The monoisotopic (exact) mass is 558 g/mol. The van der Waals surface area contributed by atoms with Crippen molar-refractivity contribution in [3.8, 4) is 33.6 Å². The van der Waals surface area contributed by atoms with Gasteiger partial charge in [0.05, 0.1) is 22.4 Å². The molecule has 204 valence electrons. The summed E-state index contributed by atoms with van der Waals surface area (Å²) < 4.78 is 0. The lowest BCUT2D eigenvalue weighted by Crippen LogP contribution is -1.96. The molecule has 0 aliphatic carbocycles. The van der Waals surface area contributed by atoms with Crippen LogP contribution in [0.5, 0.6) is 0 Å². The minimum Gasteiger partial charge on any atom is -0.244 e. The van der Waals surface area contributed by atoms with Crippen LogP contribution in [0.25, 0.3) is 87.8 Å². The molecule has 0 aliphatic rings. The van der Waals surface area contributed by atoms with Gasteiger partial charge in [0.1, 0.15) is 0 Å². The number of rotatable bonds is 3. The Morgan fingerprint density at radius 1 is 0.295 bits per heavy atom. The van der Waals surface area contributed by atoms with Crippen LogP contribution in [0.2, 0.25) is 0 Å². The molecule has 2 nitrogen and oxygen atoms in total. The molecule has 0 unspecified atom stereocenters. The van der Waals surface area contributed by atoms with Crippen LogP contribution in [0.15, 0.2) is 158 Å². The molecule has 0 bridgehead atoms.